The van der Waals surface area contributed by atoms with Gasteiger partial charge in [0.25, 0.3) is 0 Å². The van der Waals surface area contributed by atoms with Gasteiger partial charge in [-0.25, -0.2) is 8.42 Å². The van der Waals surface area contributed by atoms with Crippen molar-refractivity contribution in [1.29, 1.82) is 0 Å². The van der Waals surface area contributed by atoms with Gasteiger partial charge in [0.2, 0.25) is 0 Å². The number of sulfone groups is 1. The van der Waals surface area contributed by atoms with Crippen molar-refractivity contribution in [2.45, 2.75) is 70.0 Å². The van der Waals surface area contributed by atoms with E-state index in [9.17, 15) is 8.42 Å². The van der Waals surface area contributed by atoms with Gasteiger partial charge < -0.3 is 5.32 Å². The van der Waals surface area contributed by atoms with Gasteiger partial charge in [0.05, 0.1) is 11.5 Å². The normalized spacial score (nSPS) is 36.3. The van der Waals surface area contributed by atoms with Gasteiger partial charge in [-0.3, -0.25) is 4.90 Å². The highest BCUT2D eigenvalue weighted by atomic mass is 32.2. The summed E-state index contributed by atoms with van der Waals surface area (Å²) in [6.45, 7) is 6.60. The molecular formula is C16H30N2O2S. The monoisotopic (exact) mass is 314 g/mol. The van der Waals surface area contributed by atoms with E-state index in [-0.39, 0.29) is 11.6 Å². The fourth-order valence-electron chi connectivity index (χ4n) is 4.58. The van der Waals surface area contributed by atoms with Crippen molar-refractivity contribution in [3.05, 3.63) is 0 Å². The van der Waals surface area contributed by atoms with Crippen molar-refractivity contribution in [1.82, 2.24) is 10.2 Å². The van der Waals surface area contributed by atoms with Gasteiger partial charge in [0, 0.05) is 30.7 Å². The van der Waals surface area contributed by atoms with Gasteiger partial charge in [-0.15, -0.1) is 0 Å². The lowest BCUT2D eigenvalue weighted by molar-refractivity contribution is 0.0128. The second-order valence-electron chi connectivity index (χ2n) is 7.76. The van der Waals surface area contributed by atoms with E-state index in [2.05, 4.69) is 24.1 Å². The minimum Gasteiger partial charge on any atom is -0.308 e. The standard InChI is InChI=1S/C16H30N2O2S/c1-13(2)15-10-17-16(7-4-3-5-8-16)12-18(15)14-6-9-21(19,20)11-14/h13-15,17H,3-12H2,1-2H3. The second kappa shape index (κ2) is 5.82. The smallest absolute Gasteiger partial charge is 0.151 e. The average molecular weight is 314 g/mol. The largest absolute Gasteiger partial charge is 0.308 e. The topological polar surface area (TPSA) is 49.4 Å². The molecule has 3 fully saturated rings. The molecule has 1 aliphatic carbocycles. The van der Waals surface area contributed by atoms with Crippen molar-refractivity contribution in [2.75, 3.05) is 24.6 Å². The summed E-state index contributed by atoms with van der Waals surface area (Å²) in [5, 5.41) is 3.85. The first-order chi connectivity index (χ1) is 9.91. The Balaban J connectivity index is 1.78. The van der Waals surface area contributed by atoms with E-state index >= 15 is 0 Å². The molecule has 1 N–H and O–H groups in total. The van der Waals surface area contributed by atoms with Gasteiger partial charge in [-0.05, 0) is 25.2 Å². The molecule has 3 rings (SSSR count). The lowest BCUT2D eigenvalue weighted by atomic mass is 9.78. The Hall–Kier alpha value is -0.130. The number of nitrogens with zero attached hydrogens (tertiary/aromatic N) is 1. The molecule has 2 aliphatic heterocycles. The minimum atomic E-state index is -2.80. The van der Waals surface area contributed by atoms with Gasteiger partial charge in [-0.1, -0.05) is 33.1 Å². The molecule has 0 amide bonds. The van der Waals surface area contributed by atoms with Crippen LogP contribution in [0.4, 0.5) is 0 Å². The molecule has 21 heavy (non-hydrogen) atoms. The summed E-state index contributed by atoms with van der Waals surface area (Å²) in [5.74, 6) is 1.34. The van der Waals surface area contributed by atoms with Crippen molar-refractivity contribution < 1.29 is 8.42 Å². The Morgan fingerprint density at radius 1 is 1.19 bits per heavy atom. The first kappa shape index (κ1) is 15.8. The summed E-state index contributed by atoms with van der Waals surface area (Å²) in [6.07, 6.45) is 7.34. The molecule has 3 aliphatic rings. The SMILES string of the molecule is CC(C)C1CNC2(CCCCC2)CN1C1CCS(=O)(=O)C1. The van der Waals surface area contributed by atoms with Crippen molar-refractivity contribution in [2.24, 2.45) is 5.92 Å². The van der Waals surface area contributed by atoms with E-state index in [0.717, 1.165) is 19.5 Å². The highest BCUT2D eigenvalue weighted by Crippen LogP contribution is 2.35. The third-order valence-corrected chi connectivity index (χ3v) is 7.61. The minimum absolute atomic E-state index is 0.253. The third kappa shape index (κ3) is 3.30. The maximum atomic E-state index is 11.9. The van der Waals surface area contributed by atoms with Gasteiger partial charge >= 0.3 is 0 Å². The van der Waals surface area contributed by atoms with Crippen LogP contribution in [-0.2, 0) is 9.84 Å². The van der Waals surface area contributed by atoms with E-state index in [4.69, 9.17) is 0 Å². The first-order valence-electron chi connectivity index (χ1n) is 8.62. The Morgan fingerprint density at radius 3 is 2.48 bits per heavy atom. The van der Waals surface area contributed by atoms with Gasteiger partial charge in [0.15, 0.2) is 9.84 Å². The Labute approximate surface area is 129 Å². The average Bonchev–Trinajstić information content (AvgIpc) is 2.79. The molecule has 122 valence electrons. The zero-order valence-corrected chi connectivity index (χ0v) is 14.3. The highest BCUT2D eigenvalue weighted by molar-refractivity contribution is 7.91. The number of hydrogen-bond donors (Lipinski definition) is 1. The highest BCUT2D eigenvalue weighted by Gasteiger charge is 2.45. The van der Waals surface area contributed by atoms with E-state index in [1.807, 2.05) is 0 Å². The van der Waals surface area contributed by atoms with Crippen LogP contribution in [-0.4, -0.2) is 55.5 Å². The van der Waals surface area contributed by atoms with Crippen LogP contribution in [0.3, 0.4) is 0 Å². The molecule has 1 spiro atoms. The maximum absolute atomic E-state index is 11.9. The number of nitrogens with one attached hydrogen (secondary N) is 1. The van der Waals surface area contributed by atoms with Gasteiger partial charge in [0.1, 0.15) is 0 Å². The molecule has 2 saturated heterocycles. The molecule has 0 aromatic carbocycles. The van der Waals surface area contributed by atoms with E-state index in [1.54, 1.807) is 0 Å². The third-order valence-electron chi connectivity index (χ3n) is 5.86. The summed E-state index contributed by atoms with van der Waals surface area (Å²) >= 11 is 0. The molecular weight excluding hydrogens is 284 g/mol. The molecule has 0 bridgehead atoms. The predicted octanol–water partition coefficient (Wildman–Crippen LogP) is 1.81. The van der Waals surface area contributed by atoms with Crippen LogP contribution in [0.2, 0.25) is 0 Å². The first-order valence-corrected chi connectivity index (χ1v) is 10.4. The van der Waals surface area contributed by atoms with Crippen molar-refractivity contribution in [3.63, 3.8) is 0 Å². The predicted molar refractivity (Wildman–Crippen MR) is 86.2 cm³/mol. The zero-order valence-electron chi connectivity index (χ0n) is 13.5. The molecule has 4 nitrogen and oxygen atoms in total. The van der Waals surface area contributed by atoms with Crippen LogP contribution in [0.15, 0.2) is 0 Å². The quantitative estimate of drug-likeness (QED) is 0.844. The lowest BCUT2D eigenvalue weighted by Gasteiger charge is -2.52. The molecule has 2 unspecified atom stereocenters. The maximum Gasteiger partial charge on any atom is 0.151 e. The summed E-state index contributed by atoms with van der Waals surface area (Å²) in [6, 6.07) is 0.735. The lowest BCUT2D eigenvalue weighted by Crippen LogP contribution is -2.67. The number of piperazine rings is 1. The Kier molecular flexibility index (Phi) is 4.37. The van der Waals surface area contributed by atoms with Crippen LogP contribution >= 0.6 is 0 Å². The van der Waals surface area contributed by atoms with Crippen LogP contribution in [0.5, 0.6) is 0 Å². The van der Waals surface area contributed by atoms with E-state index in [0.29, 0.717) is 23.5 Å². The Bertz CT molecular complexity index is 469. The molecule has 5 heteroatoms. The number of rotatable bonds is 2. The summed E-state index contributed by atoms with van der Waals surface area (Å²) in [7, 11) is -2.80. The van der Waals surface area contributed by atoms with Gasteiger partial charge in [-0.2, -0.15) is 0 Å². The van der Waals surface area contributed by atoms with E-state index in [1.165, 1.54) is 32.1 Å². The van der Waals surface area contributed by atoms with Crippen LogP contribution in [0.25, 0.3) is 0 Å². The van der Waals surface area contributed by atoms with Crippen LogP contribution < -0.4 is 5.32 Å². The zero-order chi connectivity index (χ0) is 15.1. The Morgan fingerprint density at radius 2 is 1.90 bits per heavy atom. The van der Waals surface area contributed by atoms with Crippen LogP contribution in [0, 0.1) is 5.92 Å². The summed E-state index contributed by atoms with van der Waals surface area (Å²) < 4.78 is 23.8. The molecule has 0 aromatic rings. The molecule has 1 saturated carbocycles. The molecule has 2 atom stereocenters. The van der Waals surface area contributed by atoms with Crippen molar-refractivity contribution in [3.8, 4) is 0 Å². The molecule has 0 aromatic heterocycles. The summed E-state index contributed by atoms with van der Waals surface area (Å²) in [5.41, 5.74) is 0.260. The fraction of sp³-hybridized carbons (Fsp3) is 1.00. The summed E-state index contributed by atoms with van der Waals surface area (Å²) in [4.78, 5) is 2.57. The number of hydrogen-bond acceptors (Lipinski definition) is 4. The van der Waals surface area contributed by atoms with E-state index < -0.39 is 9.84 Å². The van der Waals surface area contributed by atoms with Crippen LogP contribution in [0.1, 0.15) is 52.4 Å². The molecule has 2 heterocycles. The molecule has 0 radical (unpaired) electrons. The van der Waals surface area contributed by atoms with Crippen molar-refractivity contribution >= 4 is 9.84 Å². The second-order valence-corrected chi connectivity index (χ2v) is 9.99. The fourth-order valence-corrected chi connectivity index (χ4v) is 6.32.